The molecule has 2 aromatic rings. The number of aromatic amines is 1. The van der Waals surface area contributed by atoms with Crippen molar-refractivity contribution in [1.29, 1.82) is 0 Å². The van der Waals surface area contributed by atoms with E-state index in [2.05, 4.69) is 4.98 Å². The molecule has 0 bridgehead atoms. The smallest absolute Gasteiger partial charge is 0.297 e. The Hall–Kier alpha value is -2.16. The van der Waals surface area contributed by atoms with Crippen molar-refractivity contribution in [2.24, 2.45) is 5.92 Å². The molecule has 7 nitrogen and oxygen atoms in total. The SMILES string of the molecule is CC(C)C(O)(C(=O)NO)n1c(O)c(CCc2ccccc2)[nH]c1=S. The number of benzene rings is 1. The van der Waals surface area contributed by atoms with Gasteiger partial charge in [0.05, 0.1) is 5.69 Å². The second kappa shape index (κ2) is 7.16. The fraction of sp³-hybridized carbons (Fsp3) is 0.375. The van der Waals surface area contributed by atoms with Gasteiger partial charge in [0, 0.05) is 5.92 Å². The van der Waals surface area contributed by atoms with Gasteiger partial charge in [-0.25, -0.2) is 10.0 Å². The maximum atomic E-state index is 12.0. The monoisotopic (exact) mass is 351 g/mol. The summed E-state index contributed by atoms with van der Waals surface area (Å²) in [6, 6.07) is 9.69. The number of carbonyl (C=O) groups is 1. The molecule has 8 heteroatoms. The molecule has 0 aliphatic heterocycles. The molecule has 0 saturated carbocycles. The van der Waals surface area contributed by atoms with Crippen molar-refractivity contribution in [1.82, 2.24) is 15.0 Å². The third kappa shape index (κ3) is 3.21. The van der Waals surface area contributed by atoms with Crippen LogP contribution in [0.2, 0.25) is 0 Å². The zero-order valence-corrected chi connectivity index (χ0v) is 14.3. The Morgan fingerprint density at radius 1 is 1.33 bits per heavy atom. The highest BCUT2D eigenvalue weighted by Gasteiger charge is 2.44. The predicted molar refractivity (Wildman–Crippen MR) is 90.1 cm³/mol. The molecule has 1 heterocycles. The Morgan fingerprint density at radius 3 is 2.50 bits per heavy atom. The van der Waals surface area contributed by atoms with Gasteiger partial charge in [-0.1, -0.05) is 44.2 Å². The molecule has 1 amide bonds. The van der Waals surface area contributed by atoms with Gasteiger partial charge in [-0.05, 0) is 30.6 Å². The molecule has 0 saturated heterocycles. The van der Waals surface area contributed by atoms with E-state index in [1.807, 2.05) is 30.3 Å². The van der Waals surface area contributed by atoms with E-state index in [1.165, 1.54) is 5.48 Å². The van der Waals surface area contributed by atoms with Gasteiger partial charge >= 0.3 is 0 Å². The second-order valence-electron chi connectivity index (χ2n) is 5.88. The molecule has 2 rings (SSSR count). The molecule has 0 fully saturated rings. The summed E-state index contributed by atoms with van der Waals surface area (Å²) < 4.78 is 0.925. The van der Waals surface area contributed by atoms with Crippen LogP contribution in [-0.4, -0.2) is 30.9 Å². The van der Waals surface area contributed by atoms with Gasteiger partial charge in [-0.2, -0.15) is 0 Å². The molecule has 0 aliphatic carbocycles. The summed E-state index contributed by atoms with van der Waals surface area (Å²) in [7, 11) is 0. The van der Waals surface area contributed by atoms with E-state index in [4.69, 9.17) is 17.4 Å². The lowest BCUT2D eigenvalue weighted by Crippen LogP contribution is -2.51. The van der Waals surface area contributed by atoms with E-state index in [1.54, 1.807) is 13.8 Å². The van der Waals surface area contributed by atoms with E-state index in [-0.39, 0.29) is 10.7 Å². The number of nitrogens with zero attached hydrogens (tertiary/aromatic N) is 1. The van der Waals surface area contributed by atoms with Crippen LogP contribution in [0, 0.1) is 10.7 Å². The summed E-state index contributed by atoms with van der Waals surface area (Å²) in [6.45, 7) is 3.15. The highest BCUT2D eigenvalue weighted by Crippen LogP contribution is 2.31. The maximum absolute atomic E-state index is 12.0. The van der Waals surface area contributed by atoms with Crippen LogP contribution < -0.4 is 5.48 Å². The van der Waals surface area contributed by atoms with Crippen LogP contribution in [0.25, 0.3) is 0 Å². The molecule has 5 N–H and O–H groups in total. The van der Waals surface area contributed by atoms with Crippen molar-refractivity contribution in [3.05, 3.63) is 46.4 Å². The Labute approximate surface area is 144 Å². The number of aromatic nitrogens is 2. The second-order valence-corrected chi connectivity index (χ2v) is 6.26. The average molecular weight is 351 g/mol. The summed E-state index contributed by atoms with van der Waals surface area (Å²) in [6.07, 6.45) is 1.09. The molecule has 130 valence electrons. The third-order valence-electron chi connectivity index (χ3n) is 4.03. The number of aliphatic hydroxyl groups is 1. The molecule has 0 radical (unpaired) electrons. The minimum absolute atomic E-state index is 0.00429. The molecule has 1 aromatic carbocycles. The summed E-state index contributed by atoms with van der Waals surface area (Å²) in [5, 5.41) is 30.1. The minimum atomic E-state index is -2.21. The molecule has 0 spiro atoms. The number of nitrogens with one attached hydrogen (secondary N) is 2. The highest BCUT2D eigenvalue weighted by molar-refractivity contribution is 7.71. The Kier molecular flexibility index (Phi) is 5.43. The zero-order valence-electron chi connectivity index (χ0n) is 13.5. The highest BCUT2D eigenvalue weighted by atomic mass is 32.1. The minimum Gasteiger partial charge on any atom is -0.493 e. The van der Waals surface area contributed by atoms with Crippen molar-refractivity contribution in [3.63, 3.8) is 0 Å². The molecule has 0 aliphatic rings. The van der Waals surface area contributed by atoms with Gasteiger partial charge in [0.1, 0.15) is 0 Å². The lowest BCUT2D eigenvalue weighted by molar-refractivity contribution is -0.169. The predicted octanol–water partition coefficient (Wildman–Crippen LogP) is 1.84. The number of aromatic hydroxyl groups is 1. The zero-order chi connectivity index (χ0) is 17.9. The fourth-order valence-electron chi connectivity index (χ4n) is 2.58. The summed E-state index contributed by atoms with van der Waals surface area (Å²) in [5.74, 6) is -2.05. The number of hydrogen-bond acceptors (Lipinski definition) is 5. The van der Waals surface area contributed by atoms with Gasteiger partial charge in [0.15, 0.2) is 4.77 Å². The van der Waals surface area contributed by atoms with Gasteiger partial charge < -0.3 is 15.2 Å². The van der Waals surface area contributed by atoms with Crippen molar-refractivity contribution in [2.75, 3.05) is 0 Å². The lowest BCUT2D eigenvalue weighted by Gasteiger charge is -2.31. The van der Waals surface area contributed by atoms with Crippen LogP contribution in [0.5, 0.6) is 5.88 Å². The van der Waals surface area contributed by atoms with Gasteiger partial charge in [-0.3, -0.25) is 10.0 Å². The van der Waals surface area contributed by atoms with E-state index >= 15 is 0 Å². The van der Waals surface area contributed by atoms with Crippen LogP contribution in [0.3, 0.4) is 0 Å². The Morgan fingerprint density at radius 2 is 1.96 bits per heavy atom. The van der Waals surface area contributed by atoms with Gasteiger partial charge in [0.25, 0.3) is 5.91 Å². The van der Waals surface area contributed by atoms with Crippen LogP contribution in [0.4, 0.5) is 0 Å². The normalized spacial score (nSPS) is 13.7. The van der Waals surface area contributed by atoms with Crippen LogP contribution in [0.1, 0.15) is 25.1 Å². The first kappa shape index (κ1) is 18.2. The fourth-order valence-corrected chi connectivity index (χ4v) is 2.93. The van der Waals surface area contributed by atoms with Gasteiger partial charge in [-0.15, -0.1) is 0 Å². The molecule has 1 atom stereocenters. The van der Waals surface area contributed by atoms with Crippen LogP contribution in [-0.2, 0) is 23.4 Å². The van der Waals surface area contributed by atoms with Crippen LogP contribution in [0.15, 0.2) is 30.3 Å². The summed E-state index contributed by atoms with van der Waals surface area (Å²) in [5.41, 5.74) is 0.706. The number of amides is 1. The molecule has 1 aromatic heterocycles. The molecular formula is C16H21N3O4S. The molecule has 1 unspecified atom stereocenters. The van der Waals surface area contributed by atoms with E-state index in [9.17, 15) is 15.0 Å². The number of aryl methyl sites for hydroxylation is 2. The number of H-pyrrole nitrogens is 1. The Balaban J connectivity index is 2.38. The topological polar surface area (TPSA) is 111 Å². The third-order valence-corrected chi connectivity index (χ3v) is 4.32. The number of rotatable bonds is 6. The van der Waals surface area contributed by atoms with Crippen molar-refractivity contribution >= 4 is 18.1 Å². The van der Waals surface area contributed by atoms with Crippen molar-refractivity contribution in [3.8, 4) is 5.88 Å². The molecular weight excluding hydrogens is 330 g/mol. The molecule has 24 heavy (non-hydrogen) atoms. The quantitative estimate of drug-likeness (QED) is 0.310. The first-order chi connectivity index (χ1) is 11.3. The maximum Gasteiger partial charge on any atom is 0.297 e. The number of hydroxylamine groups is 1. The van der Waals surface area contributed by atoms with E-state index in [0.29, 0.717) is 18.5 Å². The average Bonchev–Trinajstić information content (AvgIpc) is 2.86. The van der Waals surface area contributed by atoms with Crippen molar-refractivity contribution in [2.45, 2.75) is 32.4 Å². The van der Waals surface area contributed by atoms with E-state index in [0.717, 1.165) is 10.1 Å². The number of carbonyl (C=O) groups excluding carboxylic acids is 1. The standard InChI is InChI=1S/C16H21N3O4S/c1-10(2)16(22,14(21)18-23)19-13(20)12(17-15(19)24)9-8-11-6-4-3-5-7-11/h3-7,10,20,22-23H,8-9H2,1-2H3,(H,17,24)(H,18,21). The number of hydrogen-bond donors (Lipinski definition) is 5. The Bertz CT molecular complexity index is 769. The number of imidazole rings is 1. The first-order valence-corrected chi connectivity index (χ1v) is 7.97. The van der Waals surface area contributed by atoms with Crippen molar-refractivity contribution < 1.29 is 20.2 Å². The first-order valence-electron chi connectivity index (χ1n) is 7.56. The summed E-state index contributed by atoms with van der Waals surface area (Å²) >= 11 is 5.15. The van der Waals surface area contributed by atoms with Crippen LogP contribution >= 0.6 is 12.2 Å². The lowest BCUT2D eigenvalue weighted by atomic mass is 9.98. The van der Waals surface area contributed by atoms with Gasteiger partial charge in [0.2, 0.25) is 11.6 Å². The largest absolute Gasteiger partial charge is 0.493 e. The van der Waals surface area contributed by atoms with E-state index < -0.39 is 17.6 Å². The summed E-state index contributed by atoms with van der Waals surface area (Å²) in [4.78, 5) is 14.8.